The van der Waals surface area contributed by atoms with Gasteiger partial charge in [-0.3, -0.25) is 4.79 Å². The molecule has 1 aromatic carbocycles. The molecule has 0 bridgehead atoms. The zero-order valence-corrected chi connectivity index (χ0v) is 11.5. The molecule has 0 aliphatic heterocycles. The smallest absolute Gasteiger partial charge is 0.391 e. The van der Waals surface area contributed by atoms with Crippen molar-refractivity contribution in [2.45, 2.75) is 31.9 Å². The normalized spacial score (nSPS) is 23.6. The van der Waals surface area contributed by atoms with Gasteiger partial charge in [0.25, 0.3) is 0 Å². The van der Waals surface area contributed by atoms with E-state index in [9.17, 15) is 18.0 Å². The van der Waals surface area contributed by atoms with Crippen LogP contribution >= 0.6 is 11.6 Å². The largest absolute Gasteiger partial charge is 0.399 e. The van der Waals surface area contributed by atoms with Gasteiger partial charge in [-0.1, -0.05) is 18.0 Å². The fraction of sp³-hybridized carbons (Fsp3) is 0.500. The highest BCUT2D eigenvalue weighted by Gasteiger charge is 2.43. The molecule has 1 aliphatic rings. The maximum atomic E-state index is 12.8. The minimum atomic E-state index is -4.23. The van der Waals surface area contributed by atoms with Crippen LogP contribution in [-0.2, 0) is 0 Å². The van der Waals surface area contributed by atoms with E-state index in [4.69, 9.17) is 17.3 Å². The Bertz CT molecular complexity index is 516. The molecule has 0 saturated heterocycles. The van der Waals surface area contributed by atoms with Gasteiger partial charge in [-0.2, -0.15) is 13.2 Å². The first-order chi connectivity index (χ1) is 9.29. The molecule has 1 aromatic rings. The van der Waals surface area contributed by atoms with Gasteiger partial charge < -0.3 is 5.73 Å². The van der Waals surface area contributed by atoms with E-state index in [1.807, 2.05) is 0 Å². The second-order valence-electron chi connectivity index (χ2n) is 5.21. The minimum absolute atomic E-state index is 0.1000. The van der Waals surface area contributed by atoms with E-state index >= 15 is 0 Å². The third-order valence-electron chi connectivity index (χ3n) is 3.77. The van der Waals surface area contributed by atoms with Crippen LogP contribution in [0.15, 0.2) is 18.2 Å². The fourth-order valence-electron chi connectivity index (χ4n) is 2.68. The Balaban J connectivity index is 2.16. The molecule has 20 heavy (non-hydrogen) atoms. The SMILES string of the molecule is Nc1ccc(C(=O)C2CCCC(C(F)(F)F)C2)c(Cl)c1. The molecule has 0 aromatic heterocycles. The molecule has 2 rings (SSSR count). The average molecular weight is 306 g/mol. The molecule has 0 radical (unpaired) electrons. The van der Waals surface area contributed by atoms with Gasteiger partial charge >= 0.3 is 6.18 Å². The Morgan fingerprint density at radius 2 is 2.00 bits per heavy atom. The highest BCUT2D eigenvalue weighted by Crippen LogP contribution is 2.41. The van der Waals surface area contributed by atoms with Crippen LogP contribution in [-0.4, -0.2) is 12.0 Å². The van der Waals surface area contributed by atoms with Crippen LogP contribution in [0.4, 0.5) is 18.9 Å². The quantitative estimate of drug-likeness (QED) is 0.647. The zero-order chi connectivity index (χ0) is 14.9. The molecule has 1 fully saturated rings. The molecule has 0 heterocycles. The van der Waals surface area contributed by atoms with Crippen molar-refractivity contribution in [3.63, 3.8) is 0 Å². The third kappa shape index (κ3) is 3.26. The zero-order valence-electron chi connectivity index (χ0n) is 10.7. The maximum absolute atomic E-state index is 12.8. The van der Waals surface area contributed by atoms with Gasteiger partial charge in [0.15, 0.2) is 5.78 Å². The number of alkyl halides is 3. The molecule has 1 aliphatic carbocycles. The minimum Gasteiger partial charge on any atom is -0.399 e. The van der Waals surface area contributed by atoms with E-state index < -0.39 is 18.0 Å². The molecular formula is C14H15ClF3NO. The van der Waals surface area contributed by atoms with E-state index in [1.165, 1.54) is 18.2 Å². The van der Waals surface area contributed by atoms with Crippen molar-refractivity contribution in [1.29, 1.82) is 0 Å². The van der Waals surface area contributed by atoms with Gasteiger partial charge in [0.2, 0.25) is 0 Å². The van der Waals surface area contributed by atoms with Crippen LogP contribution in [0.25, 0.3) is 0 Å². The fourth-order valence-corrected chi connectivity index (χ4v) is 2.96. The van der Waals surface area contributed by atoms with Gasteiger partial charge in [-0.25, -0.2) is 0 Å². The molecule has 0 spiro atoms. The van der Waals surface area contributed by atoms with Gasteiger partial charge in [-0.15, -0.1) is 0 Å². The maximum Gasteiger partial charge on any atom is 0.391 e. The van der Waals surface area contributed by atoms with Gasteiger partial charge in [-0.05, 0) is 37.5 Å². The summed E-state index contributed by atoms with van der Waals surface area (Å²) in [4.78, 5) is 12.3. The first-order valence-electron chi connectivity index (χ1n) is 6.45. The number of anilines is 1. The summed E-state index contributed by atoms with van der Waals surface area (Å²) >= 11 is 5.95. The van der Waals surface area contributed by atoms with E-state index in [0.717, 1.165) is 0 Å². The summed E-state index contributed by atoms with van der Waals surface area (Å²) in [6.45, 7) is 0. The lowest BCUT2D eigenvalue weighted by atomic mass is 9.77. The Hall–Kier alpha value is -1.23. The van der Waals surface area contributed by atoms with Gasteiger partial charge in [0.05, 0.1) is 10.9 Å². The van der Waals surface area contributed by atoms with Crippen LogP contribution in [0.1, 0.15) is 36.0 Å². The summed E-state index contributed by atoms with van der Waals surface area (Å²) in [5.41, 5.74) is 6.22. The number of hydrogen-bond donors (Lipinski definition) is 1. The van der Waals surface area contributed by atoms with Crippen molar-refractivity contribution in [1.82, 2.24) is 0 Å². The van der Waals surface area contributed by atoms with Crippen molar-refractivity contribution in [2.75, 3.05) is 5.73 Å². The number of ketones is 1. The van der Waals surface area contributed by atoms with E-state index in [0.29, 0.717) is 18.5 Å². The Labute approximate surface area is 120 Å². The van der Waals surface area contributed by atoms with Crippen LogP contribution in [0.5, 0.6) is 0 Å². The highest BCUT2D eigenvalue weighted by molar-refractivity contribution is 6.34. The van der Waals surface area contributed by atoms with E-state index in [1.54, 1.807) is 0 Å². The van der Waals surface area contributed by atoms with E-state index in [2.05, 4.69) is 0 Å². The van der Waals surface area contributed by atoms with Crippen LogP contribution in [0.3, 0.4) is 0 Å². The molecule has 110 valence electrons. The lowest BCUT2D eigenvalue weighted by Crippen LogP contribution is -2.31. The number of nitrogen functional groups attached to an aromatic ring is 1. The molecule has 2 nitrogen and oxygen atoms in total. The van der Waals surface area contributed by atoms with Gasteiger partial charge in [0, 0.05) is 17.2 Å². The summed E-state index contributed by atoms with van der Waals surface area (Å²) in [7, 11) is 0. The molecule has 2 N–H and O–H groups in total. The standard InChI is InChI=1S/C14H15ClF3NO/c15-12-7-10(19)4-5-11(12)13(20)8-2-1-3-9(6-8)14(16,17)18/h4-5,7-9H,1-3,6,19H2. The summed E-state index contributed by atoms with van der Waals surface area (Å²) in [5, 5.41) is 0.198. The van der Waals surface area contributed by atoms with Gasteiger partial charge in [0.1, 0.15) is 0 Å². The molecule has 0 amide bonds. The lowest BCUT2D eigenvalue weighted by molar-refractivity contribution is -0.184. The van der Waals surface area contributed by atoms with Crippen LogP contribution in [0.2, 0.25) is 5.02 Å². The Morgan fingerprint density at radius 1 is 1.30 bits per heavy atom. The third-order valence-corrected chi connectivity index (χ3v) is 4.08. The monoisotopic (exact) mass is 305 g/mol. The summed E-state index contributed by atoms with van der Waals surface area (Å²) in [6.07, 6.45) is -3.39. The van der Waals surface area contributed by atoms with Crippen molar-refractivity contribution < 1.29 is 18.0 Å². The average Bonchev–Trinajstić information content (AvgIpc) is 2.37. The molecule has 2 unspecified atom stereocenters. The molecule has 1 saturated carbocycles. The predicted molar refractivity (Wildman–Crippen MR) is 71.7 cm³/mol. The second-order valence-corrected chi connectivity index (χ2v) is 5.61. The number of carbonyl (C=O) groups excluding carboxylic acids is 1. The summed E-state index contributed by atoms with van der Waals surface area (Å²) in [6, 6.07) is 4.46. The van der Waals surface area contributed by atoms with Crippen molar-refractivity contribution >= 4 is 23.1 Å². The first-order valence-corrected chi connectivity index (χ1v) is 6.83. The molecule has 6 heteroatoms. The molecule has 2 atom stereocenters. The number of rotatable bonds is 2. The van der Waals surface area contributed by atoms with Crippen LogP contribution in [0, 0.1) is 11.8 Å². The predicted octanol–water partition coefficient (Wildman–Crippen LogP) is 4.47. The molecular weight excluding hydrogens is 291 g/mol. The number of Topliss-reactive ketones (excluding diaryl/α,β-unsaturated/α-hetero) is 1. The van der Waals surface area contributed by atoms with Crippen molar-refractivity contribution in [2.24, 2.45) is 11.8 Å². The number of carbonyl (C=O) groups is 1. The summed E-state index contributed by atoms with van der Waals surface area (Å²) < 4.78 is 38.3. The topological polar surface area (TPSA) is 43.1 Å². The van der Waals surface area contributed by atoms with E-state index in [-0.39, 0.29) is 29.2 Å². The second kappa shape index (κ2) is 5.64. The number of hydrogen-bond acceptors (Lipinski definition) is 2. The summed E-state index contributed by atoms with van der Waals surface area (Å²) in [5.74, 6) is -2.32. The highest BCUT2D eigenvalue weighted by atomic mass is 35.5. The Kier molecular flexibility index (Phi) is 4.28. The number of benzene rings is 1. The first kappa shape index (κ1) is 15.2. The number of nitrogens with two attached hydrogens (primary N) is 1. The van der Waals surface area contributed by atoms with Crippen molar-refractivity contribution in [3.8, 4) is 0 Å². The lowest BCUT2D eigenvalue weighted by Gasteiger charge is -2.29. The Morgan fingerprint density at radius 3 is 2.60 bits per heavy atom. The number of halogens is 4. The van der Waals surface area contributed by atoms with Crippen molar-refractivity contribution in [3.05, 3.63) is 28.8 Å². The van der Waals surface area contributed by atoms with Crippen LogP contribution < -0.4 is 5.73 Å².